The molecular formula is C20H26ClN3O6. The molecule has 0 fully saturated rings. The Bertz CT molecular complexity index is 857. The molecule has 0 aromatic heterocycles. The van der Waals surface area contributed by atoms with Gasteiger partial charge in [-0.05, 0) is 53.7 Å². The first-order valence-electron chi connectivity index (χ1n) is 9.16. The lowest BCUT2D eigenvalue weighted by atomic mass is 9.99. The molecule has 1 aromatic carbocycles. The highest BCUT2D eigenvalue weighted by Crippen LogP contribution is 2.38. The van der Waals surface area contributed by atoms with E-state index in [-0.39, 0.29) is 5.56 Å². The Morgan fingerprint density at radius 2 is 1.43 bits per heavy atom. The SMILES string of the molecule is COC(=O)[C@@]1(c2ccc(Cl)cc2)N=CN(C(=O)OC(C)(C)C)N1C(=O)OC(C)(C)C. The third kappa shape index (κ3) is 4.84. The predicted molar refractivity (Wildman–Crippen MR) is 110 cm³/mol. The summed E-state index contributed by atoms with van der Waals surface area (Å²) < 4.78 is 15.8. The van der Waals surface area contributed by atoms with Gasteiger partial charge in [-0.2, -0.15) is 10.0 Å². The zero-order valence-electron chi connectivity index (χ0n) is 18.1. The third-order valence-electron chi connectivity index (χ3n) is 3.74. The number of rotatable bonds is 2. The Labute approximate surface area is 180 Å². The summed E-state index contributed by atoms with van der Waals surface area (Å²) in [5.41, 5.74) is -3.58. The number of methoxy groups -OCH3 is 1. The summed E-state index contributed by atoms with van der Waals surface area (Å²) in [5, 5.41) is 1.99. The largest absolute Gasteiger partial charge is 0.465 e. The van der Waals surface area contributed by atoms with E-state index in [0.717, 1.165) is 23.5 Å². The van der Waals surface area contributed by atoms with Gasteiger partial charge in [-0.3, -0.25) is 0 Å². The minimum atomic E-state index is -2.04. The molecule has 1 aromatic rings. The highest BCUT2D eigenvalue weighted by atomic mass is 35.5. The van der Waals surface area contributed by atoms with Gasteiger partial charge in [0.25, 0.3) is 5.66 Å². The first-order chi connectivity index (χ1) is 13.7. The van der Waals surface area contributed by atoms with Gasteiger partial charge in [0.2, 0.25) is 0 Å². The fourth-order valence-corrected chi connectivity index (χ4v) is 2.77. The molecule has 164 valence electrons. The molecule has 0 saturated carbocycles. The van der Waals surface area contributed by atoms with Crippen LogP contribution in [-0.4, -0.2) is 52.8 Å². The second kappa shape index (κ2) is 8.14. The zero-order chi connectivity index (χ0) is 22.9. The Kier molecular flexibility index (Phi) is 6.37. The summed E-state index contributed by atoms with van der Waals surface area (Å²) in [6.45, 7) is 9.97. The van der Waals surface area contributed by atoms with Crippen molar-refractivity contribution in [2.24, 2.45) is 4.99 Å². The van der Waals surface area contributed by atoms with Crippen LogP contribution in [0, 0.1) is 0 Å². The number of esters is 1. The van der Waals surface area contributed by atoms with E-state index in [4.69, 9.17) is 25.8 Å². The average molecular weight is 440 g/mol. The first kappa shape index (κ1) is 23.5. The van der Waals surface area contributed by atoms with Crippen LogP contribution in [0.2, 0.25) is 5.02 Å². The molecular weight excluding hydrogens is 414 g/mol. The lowest BCUT2D eigenvalue weighted by molar-refractivity contribution is -0.160. The van der Waals surface area contributed by atoms with Crippen LogP contribution in [0.1, 0.15) is 47.1 Å². The standard InChI is InChI=1S/C20H26ClN3O6/c1-18(2,3)29-16(26)23-12-22-20(15(25)28-7,13-8-10-14(21)11-9-13)24(23)17(27)30-19(4,5)6/h8-12H,1-7H3/t20-/m0/s1. The summed E-state index contributed by atoms with van der Waals surface area (Å²) in [5.74, 6) is -0.905. The molecule has 1 aliphatic rings. The minimum Gasteiger partial charge on any atom is -0.465 e. The summed E-state index contributed by atoms with van der Waals surface area (Å²) in [4.78, 5) is 43.1. The number of amides is 2. The third-order valence-corrected chi connectivity index (χ3v) is 3.99. The molecule has 0 unspecified atom stereocenters. The van der Waals surface area contributed by atoms with Crippen molar-refractivity contribution in [3.8, 4) is 0 Å². The van der Waals surface area contributed by atoms with Crippen LogP contribution in [0.3, 0.4) is 0 Å². The van der Waals surface area contributed by atoms with Crippen LogP contribution in [0.25, 0.3) is 0 Å². The van der Waals surface area contributed by atoms with Crippen molar-refractivity contribution >= 4 is 36.1 Å². The Hall–Kier alpha value is -2.81. The van der Waals surface area contributed by atoms with Crippen molar-refractivity contribution < 1.29 is 28.6 Å². The van der Waals surface area contributed by atoms with Crippen molar-refractivity contribution in [2.75, 3.05) is 7.11 Å². The van der Waals surface area contributed by atoms with E-state index in [1.54, 1.807) is 41.5 Å². The summed E-state index contributed by atoms with van der Waals surface area (Å²) in [7, 11) is 1.15. The second-order valence-electron chi connectivity index (χ2n) is 8.53. The van der Waals surface area contributed by atoms with Gasteiger partial charge in [0.1, 0.15) is 17.5 Å². The molecule has 2 amide bonds. The van der Waals surface area contributed by atoms with Gasteiger partial charge in [0, 0.05) is 10.6 Å². The van der Waals surface area contributed by atoms with Crippen molar-refractivity contribution in [3.63, 3.8) is 0 Å². The number of carbonyl (C=O) groups excluding carboxylic acids is 3. The van der Waals surface area contributed by atoms with Crippen LogP contribution < -0.4 is 0 Å². The van der Waals surface area contributed by atoms with E-state index >= 15 is 0 Å². The van der Waals surface area contributed by atoms with Gasteiger partial charge in [-0.1, -0.05) is 23.7 Å². The first-order valence-corrected chi connectivity index (χ1v) is 9.54. The zero-order valence-corrected chi connectivity index (χ0v) is 18.8. The number of nitrogens with zero attached hydrogens (tertiary/aromatic N) is 3. The van der Waals surface area contributed by atoms with E-state index in [2.05, 4.69) is 4.99 Å². The highest BCUT2D eigenvalue weighted by molar-refractivity contribution is 6.30. The van der Waals surface area contributed by atoms with Gasteiger partial charge in [-0.15, -0.1) is 0 Å². The van der Waals surface area contributed by atoms with Crippen LogP contribution in [0.5, 0.6) is 0 Å². The molecule has 0 aliphatic carbocycles. The van der Waals surface area contributed by atoms with Gasteiger partial charge in [0.05, 0.1) is 7.11 Å². The molecule has 0 spiro atoms. The quantitative estimate of drug-likeness (QED) is 0.508. The van der Waals surface area contributed by atoms with Crippen LogP contribution in [-0.2, 0) is 24.7 Å². The number of aliphatic imine (C=N–C) groups is 1. The molecule has 1 heterocycles. The van der Waals surface area contributed by atoms with E-state index in [1.165, 1.54) is 24.3 Å². The molecule has 0 N–H and O–H groups in total. The van der Waals surface area contributed by atoms with Crippen molar-refractivity contribution in [3.05, 3.63) is 34.9 Å². The number of halogens is 1. The van der Waals surface area contributed by atoms with E-state index < -0.39 is 35.0 Å². The molecule has 0 radical (unpaired) electrons. The number of carbonyl (C=O) groups is 3. The average Bonchev–Trinajstić information content (AvgIpc) is 3.00. The molecule has 10 heteroatoms. The molecule has 0 saturated heterocycles. The molecule has 1 atom stereocenters. The molecule has 30 heavy (non-hydrogen) atoms. The summed E-state index contributed by atoms with van der Waals surface area (Å²) in [6, 6.07) is 6.07. The Morgan fingerprint density at radius 1 is 0.933 bits per heavy atom. The van der Waals surface area contributed by atoms with Crippen molar-refractivity contribution in [2.45, 2.75) is 58.4 Å². The van der Waals surface area contributed by atoms with Gasteiger partial charge >= 0.3 is 18.2 Å². The molecule has 9 nitrogen and oxygen atoms in total. The fraction of sp³-hybridized carbons (Fsp3) is 0.500. The number of ether oxygens (including phenoxy) is 3. The van der Waals surface area contributed by atoms with E-state index in [0.29, 0.717) is 5.02 Å². The normalized spacial score (nSPS) is 18.9. The van der Waals surface area contributed by atoms with E-state index in [9.17, 15) is 14.4 Å². The van der Waals surface area contributed by atoms with Crippen molar-refractivity contribution in [1.82, 2.24) is 10.0 Å². The summed E-state index contributed by atoms with van der Waals surface area (Å²) in [6.07, 6.45) is -0.883. The van der Waals surface area contributed by atoms with E-state index in [1.807, 2.05) is 0 Å². The van der Waals surface area contributed by atoms with Crippen LogP contribution >= 0.6 is 11.6 Å². The Balaban J connectivity index is 2.64. The van der Waals surface area contributed by atoms with Gasteiger partial charge in [-0.25, -0.2) is 19.4 Å². The number of hydrogen-bond donors (Lipinski definition) is 0. The highest BCUT2D eigenvalue weighted by Gasteiger charge is 2.58. The maximum absolute atomic E-state index is 13.2. The van der Waals surface area contributed by atoms with Crippen LogP contribution in [0.15, 0.2) is 29.3 Å². The maximum Gasteiger partial charge on any atom is 0.435 e. The Morgan fingerprint density at radius 3 is 1.90 bits per heavy atom. The van der Waals surface area contributed by atoms with Gasteiger partial charge in [0.15, 0.2) is 0 Å². The molecule has 0 bridgehead atoms. The lowest BCUT2D eigenvalue weighted by Crippen LogP contribution is -2.59. The molecule has 1 aliphatic heterocycles. The molecule has 2 rings (SSSR count). The van der Waals surface area contributed by atoms with Gasteiger partial charge < -0.3 is 14.2 Å². The second-order valence-corrected chi connectivity index (χ2v) is 8.97. The topological polar surface area (TPSA) is 97.7 Å². The smallest absolute Gasteiger partial charge is 0.435 e. The summed E-state index contributed by atoms with van der Waals surface area (Å²) >= 11 is 5.97. The minimum absolute atomic E-state index is 0.243. The number of benzene rings is 1. The fourth-order valence-electron chi connectivity index (χ4n) is 2.64. The van der Waals surface area contributed by atoms with Crippen molar-refractivity contribution in [1.29, 1.82) is 0 Å². The lowest BCUT2D eigenvalue weighted by Gasteiger charge is -2.38. The monoisotopic (exact) mass is 439 g/mol. The predicted octanol–water partition coefficient (Wildman–Crippen LogP) is 4.10. The number of hydrogen-bond acceptors (Lipinski definition) is 7. The van der Waals surface area contributed by atoms with Crippen LogP contribution in [0.4, 0.5) is 9.59 Å². The number of hydrazine groups is 1. The maximum atomic E-state index is 13.2.